The van der Waals surface area contributed by atoms with Crippen LogP contribution in [0.4, 0.5) is 17.2 Å². The Morgan fingerprint density at radius 2 is 1.21 bits per heavy atom. The highest BCUT2D eigenvalue weighted by atomic mass is 15.2. The number of rotatable bonds is 6. The number of nitrogens with one attached hydrogen (secondary N) is 1. The summed E-state index contributed by atoms with van der Waals surface area (Å²) in [7, 11) is 0. The summed E-state index contributed by atoms with van der Waals surface area (Å²) in [6.45, 7) is 13.8. The summed E-state index contributed by atoms with van der Waals surface area (Å²) >= 11 is 0. The van der Waals surface area contributed by atoms with Gasteiger partial charge in [-0.3, -0.25) is 4.90 Å². The van der Waals surface area contributed by atoms with E-state index in [1.54, 1.807) is 0 Å². The van der Waals surface area contributed by atoms with Gasteiger partial charge in [0.2, 0.25) is 0 Å². The lowest BCUT2D eigenvalue weighted by atomic mass is 9.79. The minimum atomic E-state index is -0.00455. The first kappa shape index (κ1) is 33.2. The van der Waals surface area contributed by atoms with Crippen LogP contribution in [0.25, 0.3) is 55.3 Å². The molecular weight excluding hydrogens is 633 g/mol. The second-order valence-corrected chi connectivity index (χ2v) is 15.7. The fourth-order valence-corrected chi connectivity index (χ4v) is 7.03. The van der Waals surface area contributed by atoms with Crippen LogP contribution >= 0.6 is 0 Å². The molecule has 0 fully saturated rings. The third-order valence-corrected chi connectivity index (χ3v) is 9.97. The average Bonchev–Trinajstić information content (AvgIpc) is 3.64. The minimum Gasteiger partial charge on any atom is -0.361 e. The number of pyridine rings is 2. The zero-order valence-corrected chi connectivity index (χ0v) is 30.8. The summed E-state index contributed by atoms with van der Waals surface area (Å²) in [4.78, 5) is 16.0. The maximum Gasteiger partial charge on any atom is 0.137 e. The molecule has 0 atom stereocenters. The van der Waals surface area contributed by atoms with Crippen LogP contribution in [0.1, 0.15) is 52.7 Å². The Hall–Kier alpha value is -6.00. The molecule has 3 aromatic heterocycles. The molecule has 1 N–H and O–H groups in total. The number of para-hydroxylation sites is 1. The molecule has 0 aliphatic heterocycles. The van der Waals surface area contributed by atoms with Gasteiger partial charge in [-0.1, -0.05) is 133 Å². The van der Waals surface area contributed by atoms with Gasteiger partial charge >= 0.3 is 0 Å². The molecule has 3 heterocycles. The SMILES string of the molecule is CC(C)(C)c1cc(-c2cc(-c3cccc(N(c4ccccn4)c4cccc5ccccc45)c3)nc(-c3cccc4cc[nH]c34)c2)cc(C(C)(C)C)c1. The molecule has 4 nitrogen and oxygen atoms in total. The van der Waals surface area contributed by atoms with E-state index in [1.165, 1.54) is 27.5 Å². The molecule has 0 aliphatic carbocycles. The van der Waals surface area contributed by atoms with E-state index >= 15 is 0 Å². The van der Waals surface area contributed by atoms with E-state index in [0.29, 0.717) is 0 Å². The van der Waals surface area contributed by atoms with Crippen molar-refractivity contribution in [2.45, 2.75) is 52.4 Å². The Bertz CT molecular complexity index is 2510. The summed E-state index contributed by atoms with van der Waals surface area (Å²) < 4.78 is 0. The van der Waals surface area contributed by atoms with Crippen LogP contribution < -0.4 is 4.90 Å². The number of hydrogen-bond acceptors (Lipinski definition) is 3. The Morgan fingerprint density at radius 1 is 0.538 bits per heavy atom. The predicted octanol–water partition coefficient (Wildman–Crippen LogP) is 13.2. The zero-order valence-electron chi connectivity index (χ0n) is 30.8. The van der Waals surface area contributed by atoms with Crippen molar-refractivity contribution >= 4 is 38.9 Å². The number of hydrogen-bond donors (Lipinski definition) is 1. The number of aromatic nitrogens is 3. The van der Waals surface area contributed by atoms with Gasteiger partial charge in [0, 0.05) is 40.0 Å². The van der Waals surface area contributed by atoms with Gasteiger partial charge in [0.15, 0.2) is 0 Å². The maximum absolute atomic E-state index is 5.41. The number of fused-ring (bicyclic) bond motifs is 2. The summed E-state index contributed by atoms with van der Waals surface area (Å²) in [5, 5.41) is 3.51. The highest BCUT2D eigenvalue weighted by molar-refractivity contribution is 5.99. The normalized spacial score (nSPS) is 12.0. The van der Waals surface area contributed by atoms with Crippen molar-refractivity contribution in [3.63, 3.8) is 0 Å². The third-order valence-electron chi connectivity index (χ3n) is 9.97. The molecule has 0 aliphatic rings. The van der Waals surface area contributed by atoms with Gasteiger partial charge in [-0.15, -0.1) is 0 Å². The summed E-state index contributed by atoms with van der Waals surface area (Å²) in [5.74, 6) is 0.852. The van der Waals surface area contributed by atoms with Crippen molar-refractivity contribution in [3.8, 4) is 33.6 Å². The minimum absolute atomic E-state index is 0.00455. The first-order valence-corrected chi connectivity index (χ1v) is 18.1. The Morgan fingerprint density at radius 3 is 1.98 bits per heavy atom. The van der Waals surface area contributed by atoms with E-state index in [0.717, 1.165) is 56.2 Å². The third kappa shape index (κ3) is 6.37. The van der Waals surface area contributed by atoms with E-state index in [2.05, 4.69) is 179 Å². The predicted molar refractivity (Wildman–Crippen MR) is 220 cm³/mol. The topological polar surface area (TPSA) is 44.8 Å². The molecule has 0 amide bonds. The molecule has 0 unspecified atom stereocenters. The van der Waals surface area contributed by atoms with Crippen LogP contribution in [0.5, 0.6) is 0 Å². The molecule has 0 saturated carbocycles. The van der Waals surface area contributed by atoms with Crippen molar-refractivity contribution in [2.75, 3.05) is 4.90 Å². The second kappa shape index (κ2) is 13.0. The van der Waals surface area contributed by atoms with Crippen molar-refractivity contribution in [1.82, 2.24) is 15.0 Å². The zero-order chi connectivity index (χ0) is 36.0. The first-order chi connectivity index (χ1) is 25.0. The second-order valence-electron chi connectivity index (χ2n) is 15.7. The van der Waals surface area contributed by atoms with Gasteiger partial charge in [0.25, 0.3) is 0 Å². The molecule has 52 heavy (non-hydrogen) atoms. The van der Waals surface area contributed by atoms with Crippen molar-refractivity contribution in [2.24, 2.45) is 0 Å². The Balaban J connectivity index is 1.35. The van der Waals surface area contributed by atoms with Crippen LogP contribution in [-0.2, 0) is 10.8 Å². The van der Waals surface area contributed by atoms with Crippen LogP contribution in [-0.4, -0.2) is 15.0 Å². The molecule has 256 valence electrons. The lowest BCUT2D eigenvalue weighted by molar-refractivity contribution is 0.569. The van der Waals surface area contributed by atoms with Crippen LogP contribution in [0.15, 0.2) is 152 Å². The highest BCUT2D eigenvalue weighted by Gasteiger charge is 2.23. The Kier molecular flexibility index (Phi) is 8.26. The van der Waals surface area contributed by atoms with E-state index in [-0.39, 0.29) is 10.8 Å². The number of nitrogens with zero attached hydrogens (tertiary/aromatic N) is 3. The van der Waals surface area contributed by atoms with Gasteiger partial charge in [0.1, 0.15) is 5.82 Å². The molecule has 0 saturated heterocycles. The van der Waals surface area contributed by atoms with Crippen molar-refractivity contribution in [1.29, 1.82) is 0 Å². The number of H-pyrrole nitrogens is 1. The molecule has 0 bridgehead atoms. The quantitative estimate of drug-likeness (QED) is 0.191. The lowest BCUT2D eigenvalue weighted by Crippen LogP contribution is -2.16. The number of aromatic amines is 1. The molecule has 0 radical (unpaired) electrons. The fourth-order valence-electron chi connectivity index (χ4n) is 7.03. The average molecular weight is 677 g/mol. The molecule has 8 rings (SSSR count). The smallest absolute Gasteiger partial charge is 0.137 e. The van der Waals surface area contributed by atoms with Crippen LogP contribution in [0.3, 0.4) is 0 Å². The van der Waals surface area contributed by atoms with E-state index in [9.17, 15) is 0 Å². The molecule has 0 spiro atoms. The molecule has 4 heteroatoms. The number of benzene rings is 5. The monoisotopic (exact) mass is 676 g/mol. The molecule has 5 aromatic carbocycles. The molecule has 8 aromatic rings. The standard InChI is InChI=1S/C48H44N4/c1-47(2,3)37-26-35(27-38(31-37)48(4,5)6)36-29-42(51-43(30-36)41-20-12-16-33-23-25-50-46(33)41)34-17-11-18-39(28-34)52(45-22-9-10-24-49-45)44-21-13-15-32-14-7-8-19-40(32)44/h7-31,50H,1-6H3. The van der Waals surface area contributed by atoms with Crippen LogP contribution in [0, 0.1) is 0 Å². The molecular formula is C48H44N4. The summed E-state index contributed by atoms with van der Waals surface area (Å²) in [6, 6.07) is 49.9. The van der Waals surface area contributed by atoms with Gasteiger partial charge in [-0.05, 0) is 87.0 Å². The largest absolute Gasteiger partial charge is 0.361 e. The first-order valence-electron chi connectivity index (χ1n) is 18.1. The van der Waals surface area contributed by atoms with Gasteiger partial charge in [-0.25, -0.2) is 9.97 Å². The van der Waals surface area contributed by atoms with E-state index in [4.69, 9.17) is 9.97 Å². The maximum atomic E-state index is 5.41. The van der Waals surface area contributed by atoms with E-state index in [1.807, 2.05) is 24.5 Å². The van der Waals surface area contributed by atoms with Crippen molar-refractivity contribution < 1.29 is 0 Å². The van der Waals surface area contributed by atoms with Crippen molar-refractivity contribution in [3.05, 3.63) is 163 Å². The van der Waals surface area contributed by atoms with Gasteiger partial charge < -0.3 is 4.98 Å². The summed E-state index contributed by atoms with van der Waals surface area (Å²) in [5.41, 5.74) is 12.1. The van der Waals surface area contributed by atoms with Gasteiger partial charge in [0.05, 0.1) is 22.6 Å². The summed E-state index contributed by atoms with van der Waals surface area (Å²) in [6.07, 6.45) is 3.86. The van der Waals surface area contributed by atoms with E-state index < -0.39 is 0 Å². The van der Waals surface area contributed by atoms with Gasteiger partial charge in [-0.2, -0.15) is 0 Å². The number of anilines is 3. The highest BCUT2D eigenvalue weighted by Crippen LogP contribution is 2.41. The lowest BCUT2D eigenvalue weighted by Gasteiger charge is -2.27. The Labute approximate surface area is 306 Å². The van der Waals surface area contributed by atoms with Crippen LogP contribution in [0.2, 0.25) is 0 Å². The fraction of sp³-hybridized carbons (Fsp3) is 0.167.